The number of carbonyl (C=O) groups is 2. The van der Waals surface area contributed by atoms with Gasteiger partial charge in [0.1, 0.15) is 5.82 Å². The van der Waals surface area contributed by atoms with Crippen LogP contribution in [0.3, 0.4) is 0 Å². The van der Waals surface area contributed by atoms with E-state index in [2.05, 4.69) is 10.3 Å². The van der Waals surface area contributed by atoms with Crippen LogP contribution in [0, 0.1) is 5.82 Å². The SMILES string of the molecule is O=C(C[C@@H]1c2ncccc2C(=O)N1Cc1ccc(F)cc1)NCc1cccc(Cl)c1. The fourth-order valence-corrected chi connectivity index (χ4v) is 3.79. The third kappa shape index (κ3) is 4.33. The van der Waals surface area contributed by atoms with E-state index in [1.165, 1.54) is 12.1 Å². The molecule has 2 heterocycles. The van der Waals surface area contributed by atoms with Gasteiger partial charge >= 0.3 is 0 Å². The van der Waals surface area contributed by atoms with Gasteiger partial charge in [-0.2, -0.15) is 0 Å². The first-order valence-corrected chi connectivity index (χ1v) is 9.90. The number of aromatic nitrogens is 1. The average Bonchev–Trinajstić information content (AvgIpc) is 3.00. The molecular formula is C23H19ClFN3O2. The Morgan fingerprint density at radius 1 is 1.10 bits per heavy atom. The normalized spacial score (nSPS) is 15.2. The number of benzene rings is 2. The summed E-state index contributed by atoms with van der Waals surface area (Å²) in [6, 6.07) is 16.2. The van der Waals surface area contributed by atoms with E-state index in [9.17, 15) is 14.0 Å². The lowest BCUT2D eigenvalue weighted by molar-refractivity contribution is -0.122. The number of hydrogen-bond donors (Lipinski definition) is 1. The summed E-state index contributed by atoms with van der Waals surface area (Å²) in [5.74, 6) is -0.723. The number of halogens is 2. The summed E-state index contributed by atoms with van der Waals surface area (Å²) in [6.45, 7) is 0.606. The number of fused-ring (bicyclic) bond motifs is 1. The van der Waals surface area contributed by atoms with Crippen LogP contribution in [0.5, 0.6) is 0 Å². The molecule has 5 nitrogen and oxygen atoms in total. The molecule has 0 unspecified atom stereocenters. The maximum atomic E-state index is 13.2. The number of rotatable bonds is 6. The van der Waals surface area contributed by atoms with E-state index in [1.54, 1.807) is 47.5 Å². The van der Waals surface area contributed by atoms with Gasteiger partial charge < -0.3 is 10.2 Å². The van der Waals surface area contributed by atoms with E-state index in [0.717, 1.165) is 11.1 Å². The Hall–Kier alpha value is -3.25. The Balaban J connectivity index is 1.51. The standard InChI is InChI=1S/C23H19ClFN3O2/c24-17-4-1-3-16(11-17)13-27-21(29)12-20-22-19(5-2-10-26-22)23(30)28(20)14-15-6-8-18(25)9-7-15/h1-11,20H,12-14H2,(H,27,29)/t20-/m1/s1. The smallest absolute Gasteiger partial charge is 0.256 e. The summed E-state index contributed by atoms with van der Waals surface area (Å²) in [4.78, 5) is 31.6. The molecule has 1 aromatic heterocycles. The highest BCUT2D eigenvalue weighted by molar-refractivity contribution is 6.30. The molecule has 0 radical (unpaired) electrons. The molecule has 0 bridgehead atoms. The number of pyridine rings is 1. The second-order valence-electron chi connectivity index (χ2n) is 7.12. The van der Waals surface area contributed by atoms with Crippen molar-refractivity contribution >= 4 is 23.4 Å². The lowest BCUT2D eigenvalue weighted by atomic mass is 10.1. The first-order chi connectivity index (χ1) is 14.5. The molecule has 7 heteroatoms. The molecule has 1 atom stereocenters. The third-order valence-electron chi connectivity index (χ3n) is 5.05. The van der Waals surface area contributed by atoms with Crippen molar-refractivity contribution in [3.8, 4) is 0 Å². The minimum atomic E-state index is -0.488. The van der Waals surface area contributed by atoms with Gasteiger partial charge in [0, 0.05) is 24.3 Å². The van der Waals surface area contributed by atoms with Crippen LogP contribution < -0.4 is 5.32 Å². The predicted molar refractivity (Wildman–Crippen MR) is 111 cm³/mol. The van der Waals surface area contributed by atoms with E-state index in [4.69, 9.17) is 11.6 Å². The third-order valence-corrected chi connectivity index (χ3v) is 5.28. The number of nitrogens with zero attached hydrogens (tertiary/aromatic N) is 2. The van der Waals surface area contributed by atoms with E-state index in [-0.39, 0.29) is 30.6 Å². The number of carbonyl (C=O) groups excluding carboxylic acids is 2. The van der Waals surface area contributed by atoms with Gasteiger partial charge in [0.05, 0.1) is 23.7 Å². The van der Waals surface area contributed by atoms with E-state index >= 15 is 0 Å². The van der Waals surface area contributed by atoms with E-state index in [1.807, 2.05) is 12.1 Å². The molecule has 1 aliphatic heterocycles. The van der Waals surface area contributed by atoms with Gasteiger partial charge in [-0.05, 0) is 47.5 Å². The fraction of sp³-hybridized carbons (Fsp3) is 0.174. The van der Waals surface area contributed by atoms with Crippen LogP contribution in [0.15, 0.2) is 66.9 Å². The van der Waals surface area contributed by atoms with E-state index < -0.39 is 6.04 Å². The highest BCUT2D eigenvalue weighted by Crippen LogP contribution is 2.35. The molecular weight excluding hydrogens is 405 g/mol. The lowest BCUT2D eigenvalue weighted by Gasteiger charge is -2.24. The highest BCUT2D eigenvalue weighted by atomic mass is 35.5. The number of hydrogen-bond acceptors (Lipinski definition) is 3. The maximum Gasteiger partial charge on any atom is 0.256 e. The minimum absolute atomic E-state index is 0.0809. The van der Waals surface area contributed by atoms with Crippen LogP contribution in [0.1, 0.15) is 39.6 Å². The van der Waals surface area contributed by atoms with Gasteiger partial charge in [-0.1, -0.05) is 35.9 Å². The Morgan fingerprint density at radius 2 is 1.90 bits per heavy atom. The van der Waals surface area contributed by atoms with Crippen LogP contribution in [-0.4, -0.2) is 21.7 Å². The molecule has 3 aromatic rings. The molecule has 0 saturated carbocycles. The van der Waals surface area contributed by atoms with Crippen LogP contribution in [-0.2, 0) is 17.9 Å². The Bertz CT molecular complexity index is 1090. The summed E-state index contributed by atoms with van der Waals surface area (Å²) >= 11 is 5.99. The summed E-state index contributed by atoms with van der Waals surface area (Å²) in [5, 5.41) is 3.48. The molecule has 4 rings (SSSR count). The zero-order valence-electron chi connectivity index (χ0n) is 16.0. The molecule has 0 aliphatic carbocycles. The van der Waals surface area contributed by atoms with Crippen LogP contribution in [0.4, 0.5) is 4.39 Å². The summed E-state index contributed by atoms with van der Waals surface area (Å²) < 4.78 is 13.2. The van der Waals surface area contributed by atoms with Crippen molar-refractivity contribution in [1.29, 1.82) is 0 Å². The number of nitrogens with one attached hydrogen (secondary N) is 1. The molecule has 0 spiro atoms. The van der Waals surface area contributed by atoms with Gasteiger partial charge in [0.25, 0.3) is 5.91 Å². The summed E-state index contributed by atoms with van der Waals surface area (Å²) in [5.41, 5.74) is 2.75. The van der Waals surface area contributed by atoms with Crippen LogP contribution in [0.2, 0.25) is 5.02 Å². The van der Waals surface area contributed by atoms with Gasteiger partial charge in [-0.25, -0.2) is 4.39 Å². The van der Waals surface area contributed by atoms with Crippen LogP contribution >= 0.6 is 11.6 Å². The lowest BCUT2D eigenvalue weighted by Crippen LogP contribution is -2.32. The fourth-order valence-electron chi connectivity index (χ4n) is 3.58. The van der Waals surface area contributed by atoms with Crippen molar-refractivity contribution in [3.63, 3.8) is 0 Å². The number of amides is 2. The Labute approximate surface area is 178 Å². The quantitative estimate of drug-likeness (QED) is 0.643. The average molecular weight is 424 g/mol. The topological polar surface area (TPSA) is 62.3 Å². The predicted octanol–water partition coefficient (Wildman–Crippen LogP) is 4.28. The first kappa shape index (κ1) is 20.0. The zero-order valence-corrected chi connectivity index (χ0v) is 16.8. The van der Waals surface area contributed by atoms with Crippen molar-refractivity contribution in [3.05, 3.63) is 100 Å². The van der Waals surface area contributed by atoms with Gasteiger partial charge in [-0.3, -0.25) is 14.6 Å². The summed E-state index contributed by atoms with van der Waals surface area (Å²) in [7, 11) is 0. The molecule has 152 valence electrons. The zero-order chi connectivity index (χ0) is 21.1. The summed E-state index contributed by atoms with van der Waals surface area (Å²) in [6.07, 6.45) is 1.70. The van der Waals surface area contributed by atoms with E-state index in [0.29, 0.717) is 22.8 Å². The largest absolute Gasteiger partial charge is 0.352 e. The molecule has 30 heavy (non-hydrogen) atoms. The Morgan fingerprint density at radius 3 is 2.67 bits per heavy atom. The van der Waals surface area contributed by atoms with Crippen molar-refractivity contribution < 1.29 is 14.0 Å². The molecule has 1 N–H and O–H groups in total. The molecule has 1 aliphatic rings. The van der Waals surface area contributed by atoms with Gasteiger partial charge in [-0.15, -0.1) is 0 Å². The van der Waals surface area contributed by atoms with Crippen molar-refractivity contribution in [2.45, 2.75) is 25.6 Å². The van der Waals surface area contributed by atoms with Crippen molar-refractivity contribution in [2.75, 3.05) is 0 Å². The monoisotopic (exact) mass is 423 g/mol. The maximum absolute atomic E-state index is 13.2. The Kier molecular flexibility index (Phi) is 5.77. The molecule has 2 aromatic carbocycles. The second-order valence-corrected chi connectivity index (χ2v) is 7.56. The molecule has 0 saturated heterocycles. The van der Waals surface area contributed by atoms with Gasteiger partial charge in [0.2, 0.25) is 5.91 Å². The second kappa shape index (κ2) is 8.63. The first-order valence-electron chi connectivity index (χ1n) is 9.53. The molecule has 2 amide bonds. The van der Waals surface area contributed by atoms with Crippen LogP contribution in [0.25, 0.3) is 0 Å². The van der Waals surface area contributed by atoms with Gasteiger partial charge in [0.15, 0.2) is 0 Å². The van der Waals surface area contributed by atoms with Crippen molar-refractivity contribution in [2.24, 2.45) is 0 Å². The highest BCUT2D eigenvalue weighted by Gasteiger charge is 2.38. The molecule has 0 fully saturated rings. The minimum Gasteiger partial charge on any atom is -0.352 e. The van der Waals surface area contributed by atoms with Crippen molar-refractivity contribution in [1.82, 2.24) is 15.2 Å².